The number of hydrogen-bond acceptors (Lipinski definition) is 4. The molecule has 1 amide bonds. The second-order valence-electron chi connectivity index (χ2n) is 6.67. The van der Waals surface area contributed by atoms with Gasteiger partial charge in [-0.1, -0.05) is 77.6 Å². The van der Waals surface area contributed by atoms with Gasteiger partial charge in [-0.3, -0.25) is 9.59 Å². The van der Waals surface area contributed by atoms with Crippen molar-refractivity contribution in [3.05, 3.63) is 0 Å². The van der Waals surface area contributed by atoms with Crippen LogP contribution in [-0.4, -0.2) is 42.0 Å². The van der Waals surface area contributed by atoms with E-state index in [1.807, 2.05) is 0 Å². The van der Waals surface area contributed by atoms with E-state index in [1.165, 1.54) is 70.6 Å². The van der Waals surface area contributed by atoms with E-state index in [1.54, 1.807) is 0 Å². The van der Waals surface area contributed by atoms with E-state index in [0.29, 0.717) is 0 Å². The molecule has 0 spiro atoms. The lowest BCUT2D eigenvalue weighted by atomic mass is 10.1. The van der Waals surface area contributed by atoms with Crippen LogP contribution in [0.1, 0.15) is 84.0 Å². The van der Waals surface area contributed by atoms with Crippen molar-refractivity contribution in [1.82, 2.24) is 10.6 Å². The normalized spacial score (nSPS) is 12.1. The molecule has 6 heteroatoms. The van der Waals surface area contributed by atoms with Crippen LogP contribution in [0.4, 0.5) is 0 Å². The van der Waals surface area contributed by atoms with E-state index in [2.05, 4.69) is 17.6 Å². The van der Waals surface area contributed by atoms with Crippen LogP contribution in [0.2, 0.25) is 0 Å². The van der Waals surface area contributed by atoms with Crippen LogP contribution in [0.3, 0.4) is 0 Å². The zero-order valence-corrected chi connectivity index (χ0v) is 16.6. The van der Waals surface area contributed by atoms with Crippen LogP contribution < -0.4 is 10.6 Å². The van der Waals surface area contributed by atoms with Gasteiger partial charge < -0.3 is 15.7 Å². The molecular formula is C19H37ClN2O3. The van der Waals surface area contributed by atoms with Crippen molar-refractivity contribution in [3.63, 3.8) is 0 Å². The third-order valence-corrected chi connectivity index (χ3v) is 4.55. The summed E-state index contributed by atoms with van der Waals surface area (Å²) < 4.78 is 0. The molecule has 0 heterocycles. The summed E-state index contributed by atoms with van der Waals surface area (Å²) in [6, 6.07) is -1.01. The van der Waals surface area contributed by atoms with E-state index in [9.17, 15) is 9.59 Å². The number of unbranched alkanes of at least 4 members (excludes halogenated alkanes) is 11. The lowest BCUT2D eigenvalue weighted by Crippen LogP contribution is -2.45. The summed E-state index contributed by atoms with van der Waals surface area (Å²) in [5.74, 6) is -0.327. The summed E-state index contributed by atoms with van der Waals surface area (Å²) in [4.78, 5) is 22.4. The highest BCUT2D eigenvalue weighted by molar-refractivity contribution is 6.64. The van der Waals surface area contributed by atoms with Gasteiger partial charge in [0.15, 0.2) is 0 Å². The number of halogens is 1. The number of aliphatic hydroxyl groups excluding tert-OH is 1. The van der Waals surface area contributed by atoms with E-state index in [0.717, 1.165) is 13.0 Å². The van der Waals surface area contributed by atoms with Gasteiger partial charge in [0.2, 0.25) is 11.1 Å². The lowest BCUT2D eigenvalue weighted by Gasteiger charge is -2.12. The molecule has 0 saturated heterocycles. The molecule has 0 fully saturated rings. The molecule has 5 nitrogen and oxygen atoms in total. The molecule has 0 saturated carbocycles. The van der Waals surface area contributed by atoms with E-state index in [4.69, 9.17) is 16.7 Å². The Labute approximate surface area is 158 Å². The van der Waals surface area contributed by atoms with Gasteiger partial charge in [0.25, 0.3) is 0 Å². The van der Waals surface area contributed by atoms with Crippen LogP contribution in [0.5, 0.6) is 0 Å². The van der Waals surface area contributed by atoms with Gasteiger partial charge in [-0.2, -0.15) is 0 Å². The predicted octanol–water partition coefficient (Wildman–Crippen LogP) is 3.52. The van der Waals surface area contributed by atoms with E-state index >= 15 is 0 Å². The molecule has 0 unspecified atom stereocenters. The van der Waals surface area contributed by atoms with Gasteiger partial charge in [0.1, 0.15) is 6.04 Å². The molecule has 0 bridgehead atoms. The Morgan fingerprint density at radius 1 is 0.880 bits per heavy atom. The number of hydrogen-bond donors (Lipinski definition) is 3. The third kappa shape index (κ3) is 16.6. The molecule has 0 aromatic heterocycles. The topological polar surface area (TPSA) is 78.4 Å². The summed E-state index contributed by atoms with van der Waals surface area (Å²) in [5, 5.41) is 13.6. The minimum absolute atomic E-state index is 0.138. The smallest absolute Gasteiger partial charge is 0.246 e. The molecule has 25 heavy (non-hydrogen) atoms. The van der Waals surface area contributed by atoms with Crippen molar-refractivity contribution in [3.8, 4) is 0 Å². The number of carbonyl (C=O) groups is 2. The summed E-state index contributed by atoms with van der Waals surface area (Å²) in [5.41, 5.74) is 0. The molecule has 0 aliphatic heterocycles. The SMILES string of the molecule is CCCCCCCCCCCCCCNCC(=O)N[C@@H](CO)C(=O)Cl. The van der Waals surface area contributed by atoms with Gasteiger partial charge in [-0.25, -0.2) is 0 Å². The first-order valence-corrected chi connectivity index (χ1v) is 10.3. The van der Waals surface area contributed by atoms with Gasteiger partial charge in [-0.05, 0) is 24.6 Å². The van der Waals surface area contributed by atoms with Crippen LogP contribution >= 0.6 is 11.6 Å². The molecule has 0 aliphatic carbocycles. The fourth-order valence-corrected chi connectivity index (χ4v) is 2.84. The number of rotatable bonds is 18. The summed E-state index contributed by atoms with van der Waals surface area (Å²) in [6.45, 7) is 2.69. The number of amides is 1. The van der Waals surface area contributed by atoms with Gasteiger partial charge in [0, 0.05) is 0 Å². The molecule has 0 radical (unpaired) electrons. The van der Waals surface area contributed by atoms with E-state index < -0.39 is 17.9 Å². The van der Waals surface area contributed by atoms with Gasteiger partial charge in [0.05, 0.1) is 13.2 Å². The van der Waals surface area contributed by atoms with Crippen molar-refractivity contribution in [2.75, 3.05) is 19.7 Å². The molecular weight excluding hydrogens is 340 g/mol. The van der Waals surface area contributed by atoms with E-state index in [-0.39, 0.29) is 12.5 Å². The third-order valence-electron chi connectivity index (χ3n) is 4.28. The Morgan fingerprint density at radius 2 is 1.36 bits per heavy atom. The summed E-state index contributed by atoms with van der Waals surface area (Å²) in [7, 11) is 0. The van der Waals surface area contributed by atoms with Crippen LogP contribution in [0.25, 0.3) is 0 Å². The second kappa shape index (κ2) is 18.2. The van der Waals surface area contributed by atoms with Crippen molar-refractivity contribution in [2.24, 2.45) is 0 Å². The molecule has 148 valence electrons. The summed E-state index contributed by atoms with van der Waals surface area (Å²) >= 11 is 5.25. The Kier molecular flexibility index (Phi) is 17.7. The molecule has 0 aromatic carbocycles. The highest BCUT2D eigenvalue weighted by Crippen LogP contribution is 2.11. The van der Waals surface area contributed by atoms with Gasteiger partial charge in [-0.15, -0.1) is 0 Å². The van der Waals surface area contributed by atoms with Crippen LogP contribution in [0, 0.1) is 0 Å². The predicted molar refractivity (Wildman–Crippen MR) is 104 cm³/mol. The van der Waals surface area contributed by atoms with Crippen molar-refractivity contribution in [1.29, 1.82) is 0 Å². The first-order chi connectivity index (χ1) is 12.1. The first-order valence-electron chi connectivity index (χ1n) is 9.92. The zero-order valence-electron chi connectivity index (χ0n) is 15.8. The quantitative estimate of drug-likeness (QED) is 0.252. The highest BCUT2D eigenvalue weighted by Gasteiger charge is 2.16. The Bertz CT molecular complexity index is 341. The van der Waals surface area contributed by atoms with Gasteiger partial charge >= 0.3 is 0 Å². The first kappa shape index (κ1) is 24.4. The Hall–Kier alpha value is -0.650. The maximum absolute atomic E-state index is 11.5. The number of nitrogens with one attached hydrogen (secondary N) is 2. The Balaban J connectivity index is 3.28. The lowest BCUT2D eigenvalue weighted by molar-refractivity contribution is -0.124. The minimum atomic E-state index is -1.01. The fourth-order valence-electron chi connectivity index (χ4n) is 2.71. The minimum Gasteiger partial charge on any atom is -0.394 e. The highest BCUT2D eigenvalue weighted by atomic mass is 35.5. The zero-order chi connectivity index (χ0) is 18.8. The molecule has 0 aromatic rings. The average Bonchev–Trinajstić information content (AvgIpc) is 2.59. The fraction of sp³-hybridized carbons (Fsp3) is 0.895. The molecule has 1 atom stereocenters. The monoisotopic (exact) mass is 376 g/mol. The second-order valence-corrected chi connectivity index (χ2v) is 7.05. The molecule has 0 rings (SSSR count). The summed E-state index contributed by atoms with van der Waals surface area (Å²) in [6.07, 6.45) is 15.7. The molecule has 0 aliphatic rings. The van der Waals surface area contributed by atoms with Crippen molar-refractivity contribution in [2.45, 2.75) is 90.0 Å². The number of carbonyl (C=O) groups excluding carboxylic acids is 2. The number of aliphatic hydroxyl groups is 1. The van der Waals surface area contributed by atoms with Crippen LogP contribution in [-0.2, 0) is 9.59 Å². The maximum atomic E-state index is 11.5. The average molecular weight is 377 g/mol. The van der Waals surface area contributed by atoms with Crippen molar-refractivity contribution < 1.29 is 14.7 Å². The Morgan fingerprint density at radius 3 is 1.80 bits per heavy atom. The van der Waals surface area contributed by atoms with Crippen molar-refractivity contribution >= 4 is 22.8 Å². The largest absolute Gasteiger partial charge is 0.394 e. The standard InChI is InChI=1S/C19H37ClN2O3/c1-2-3-4-5-6-7-8-9-10-11-12-13-14-21-15-18(24)22-17(16-23)19(20)25/h17,21,23H,2-16H2,1H3,(H,22,24)/t17-/m0/s1. The maximum Gasteiger partial charge on any atom is 0.246 e. The molecule has 3 N–H and O–H groups in total. The van der Waals surface area contributed by atoms with Crippen LogP contribution in [0.15, 0.2) is 0 Å².